The molecular formula is C16H18N6. The number of nitrogens with zero attached hydrogens (tertiary/aromatic N) is 5. The highest BCUT2D eigenvalue weighted by atomic mass is 15.3. The molecule has 3 rings (SSSR count). The van der Waals surface area contributed by atoms with Crippen LogP contribution in [-0.4, -0.2) is 48.1 Å². The van der Waals surface area contributed by atoms with Crippen molar-refractivity contribution in [1.82, 2.24) is 14.9 Å². The van der Waals surface area contributed by atoms with Gasteiger partial charge in [-0.3, -0.25) is 0 Å². The summed E-state index contributed by atoms with van der Waals surface area (Å²) in [5.41, 5.74) is 1.55. The fourth-order valence-electron chi connectivity index (χ4n) is 2.40. The smallest absolute Gasteiger partial charge is 0.135 e. The number of anilines is 3. The van der Waals surface area contributed by atoms with E-state index in [2.05, 4.69) is 38.2 Å². The van der Waals surface area contributed by atoms with E-state index in [-0.39, 0.29) is 0 Å². The summed E-state index contributed by atoms with van der Waals surface area (Å²) in [6, 6.07) is 11.4. The van der Waals surface area contributed by atoms with E-state index in [0.29, 0.717) is 5.56 Å². The van der Waals surface area contributed by atoms with Gasteiger partial charge >= 0.3 is 0 Å². The van der Waals surface area contributed by atoms with Crippen LogP contribution in [0.3, 0.4) is 0 Å². The molecule has 1 aromatic heterocycles. The maximum atomic E-state index is 8.82. The number of aromatic nitrogens is 2. The van der Waals surface area contributed by atoms with Gasteiger partial charge in [-0.15, -0.1) is 0 Å². The van der Waals surface area contributed by atoms with Crippen LogP contribution in [0.25, 0.3) is 0 Å². The van der Waals surface area contributed by atoms with Gasteiger partial charge in [-0.1, -0.05) is 0 Å². The molecule has 6 nitrogen and oxygen atoms in total. The summed E-state index contributed by atoms with van der Waals surface area (Å²) in [7, 11) is 2.13. The number of nitrogens with one attached hydrogen (secondary N) is 1. The van der Waals surface area contributed by atoms with Crippen molar-refractivity contribution in [3.63, 3.8) is 0 Å². The first kappa shape index (κ1) is 14.3. The predicted octanol–water partition coefficient (Wildman–Crippen LogP) is 1.84. The molecule has 0 saturated carbocycles. The third kappa shape index (κ3) is 3.32. The SMILES string of the molecule is CN1CCN(c2cc(Nc3ccc(C#N)cc3)ncn2)CC1. The molecule has 22 heavy (non-hydrogen) atoms. The largest absolute Gasteiger partial charge is 0.354 e. The van der Waals surface area contributed by atoms with Gasteiger partial charge in [0.2, 0.25) is 0 Å². The molecule has 6 heteroatoms. The Morgan fingerprint density at radius 1 is 1.09 bits per heavy atom. The van der Waals surface area contributed by atoms with Gasteiger partial charge in [0.25, 0.3) is 0 Å². The fourth-order valence-corrected chi connectivity index (χ4v) is 2.40. The van der Waals surface area contributed by atoms with E-state index < -0.39 is 0 Å². The Morgan fingerprint density at radius 2 is 1.82 bits per heavy atom. The zero-order valence-corrected chi connectivity index (χ0v) is 12.5. The standard InChI is InChI=1S/C16H18N6/c1-21-6-8-22(9-7-21)16-10-15(18-12-19-16)20-14-4-2-13(11-17)3-5-14/h2-5,10,12H,6-9H2,1H3,(H,18,19,20). The molecule has 0 atom stereocenters. The Hall–Kier alpha value is -2.65. The van der Waals surface area contributed by atoms with E-state index in [1.54, 1.807) is 18.5 Å². The lowest BCUT2D eigenvalue weighted by atomic mass is 10.2. The second-order valence-electron chi connectivity index (χ2n) is 5.37. The van der Waals surface area contributed by atoms with E-state index >= 15 is 0 Å². The number of hydrogen-bond acceptors (Lipinski definition) is 6. The Bertz CT molecular complexity index is 668. The van der Waals surface area contributed by atoms with Crippen molar-refractivity contribution in [2.75, 3.05) is 43.4 Å². The van der Waals surface area contributed by atoms with Crippen molar-refractivity contribution in [2.45, 2.75) is 0 Å². The van der Waals surface area contributed by atoms with Crippen LogP contribution in [-0.2, 0) is 0 Å². The number of likely N-dealkylation sites (N-methyl/N-ethyl adjacent to an activating group) is 1. The van der Waals surface area contributed by atoms with Gasteiger partial charge in [0.05, 0.1) is 11.6 Å². The first-order valence-electron chi connectivity index (χ1n) is 7.27. The molecule has 0 unspecified atom stereocenters. The molecule has 0 radical (unpaired) electrons. The molecule has 1 aliphatic rings. The third-order valence-corrected chi connectivity index (χ3v) is 3.77. The van der Waals surface area contributed by atoms with Crippen LogP contribution >= 0.6 is 0 Å². The van der Waals surface area contributed by atoms with Crippen molar-refractivity contribution < 1.29 is 0 Å². The first-order valence-corrected chi connectivity index (χ1v) is 7.27. The quantitative estimate of drug-likeness (QED) is 0.931. The molecule has 1 aromatic carbocycles. The highest BCUT2D eigenvalue weighted by Crippen LogP contribution is 2.19. The third-order valence-electron chi connectivity index (χ3n) is 3.77. The van der Waals surface area contributed by atoms with Crippen molar-refractivity contribution in [3.05, 3.63) is 42.2 Å². The van der Waals surface area contributed by atoms with Gasteiger partial charge in [-0.05, 0) is 31.3 Å². The van der Waals surface area contributed by atoms with Crippen LogP contribution in [0.1, 0.15) is 5.56 Å². The van der Waals surface area contributed by atoms with E-state index in [1.807, 2.05) is 18.2 Å². The second kappa shape index (κ2) is 6.41. The Morgan fingerprint density at radius 3 is 2.50 bits per heavy atom. The number of rotatable bonds is 3. The number of nitriles is 1. The zero-order valence-electron chi connectivity index (χ0n) is 12.5. The second-order valence-corrected chi connectivity index (χ2v) is 5.37. The highest BCUT2D eigenvalue weighted by molar-refractivity contribution is 5.60. The number of hydrogen-bond donors (Lipinski definition) is 1. The topological polar surface area (TPSA) is 68.1 Å². The Kier molecular flexibility index (Phi) is 4.17. The molecule has 1 N–H and O–H groups in total. The first-order chi connectivity index (χ1) is 10.7. The van der Waals surface area contributed by atoms with E-state index in [4.69, 9.17) is 5.26 Å². The fraction of sp³-hybridized carbons (Fsp3) is 0.312. The number of benzene rings is 1. The summed E-state index contributed by atoms with van der Waals surface area (Å²) in [6.45, 7) is 4.04. The molecule has 1 aliphatic heterocycles. The summed E-state index contributed by atoms with van der Waals surface area (Å²) < 4.78 is 0. The predicted molar refractivity (Wildman–Crippen MR) is 86.2 cm³/mol. The van der Waals surface area contributed by atoms with Crippen LogP contribution in [0.5, 0.6) is 0 Å². The van der Waals surface area contributed by atoms with Crippen molar-refractivity contribution in [3.8, 4) is 6.07 Å². The lowest BCUT2D eigenvalue weighted by Gasteiger charge is -2.33. The normalized spacial score (nSPS) is 15.4. The molecule has 1 fully saturated rings. The molecule has 112 valence electrons. The van der Waals surface area contributed by atoms with Crippen molar-refractivity contribution in [2.24, 2.45) is 0 Å². The average molecular weight is 294 g/mol. The molecule has 0 bridgehead atoms. The zero-order chi connectivity index (χ0) is 15.4. The Labute approximate surface area is 130 Å². The van der Waals surface area contributed by atoms with Gasteiger partial charge in [0.1, 0.15) is 18.0 Å². The monoisotopic (exact) mass is 294 g/mol. The molecule has 0 aliphatic carbocycles. The molecule has 2 heterocycles. The lowest BCUT2D eigenvalue weighted by molar-refractivity contribution is 0.312. The van der Waals surface area contributed by atoms with Gasteiger partial charge in [-0.25, -0.2) is 9.97 Å². The van der Waals surface area contributed by atoms with Crippen molar-refractivity contribution in [1.29, 1.82) is 5.26 Å². The van der Waals surface area contributed by atoms with Gasteiger partial charge in [-0.2, -0.15) is 5.26 Å². The number of piperazine rings is 1. The van der Waals surface area contributed by atoms with Crippen LogP contribution < -0.4 is 10.2 Å². The molecule has 1 saturated heterocycles. The van der Waals surface area contributed by atoms with Crippen LogP contribution in [0.2, 0.25) is 0 Å². The summed E-state index contributed by atoms with van der Waals surface area (Å²) in [5, 5.41) is 12.1. The molecule has 0 spiro atoms. The maximum absolute atomic E-state index is 8.82. The minimum Gasteiger partial charge on any atom is -0.354 e. The van der Waals surface area contributed by atoms with Gasteiger partial charge < -0.3 is 15.1 Å². The van der Waals surface area contributed by atoms with Crippen LogP contribution in [0, 0.1) is 11.3 Å². The summed E-state index contributed by atoms with van der Waals surface area (Å²) >= 11 is 0. The summed E-state index contributed by atoms with van der Waals surface area (Å²) in [5.74, 6) is 1.70. The van der Waals surface area contributed by atoms with Gasteiger partial charge in [0, 0.05) is 37.9 Å². The summed E-state index contributed by atoms with van der Waals surface area (Å²) in [6.07, 6.45) is 1.58. The average Bonchev–Trinajstić information content (AvgIpc) is 2.56. The minimum absolute atomic E-state index is 0.645. The van der Waals surface area contributed by atoms with Crippen LogP contribution in [0.4, 0.5) is 17.3 Å². The maximum Gasteiger partial charge on any atom is 0.135 e. The lowest BCUT2D eigenvalue weighted by Crippen LogP contribution is -2.44. The van der Waals surface area contributed by atoms with E-state index in [0.717, 1.165) is 43.5 Å². The Balaban J connectivity index is 1.72. The minimum atomic E-state index is 0.645. The highest BCUT2D eigenvalue weighted by Gasteiger charge is 2.15. The van der Waals surface area contributed by atoms with Gasteiger partial charge in [0.15, 0.2) is 0 Å². The van der Waals surface area contributed by atoms with E-state index in [1.165, 1.54) is 0 Å². The van der Waals surface area contributed by atoms with Crippen molar-refractivity contribution >= 4 is 17.3 Å². The van der Waals surface area contributed by atoms with E-state index in [9.17, 15) is 0 Å². The molecule has 0 amide bonds. The summed E-state index contributed by atoms with van der Waals surface area (Å²) in [4.78, 5) is 13.2. The van der Waals surface area contributed by atoms with Crippen LogP contribution in [0.15, 0.2) is 36.7 Å². The molecular weight excluding hydrogens is 276 g/mol. The molecule has 2 aromatic rings.